The molecule has 1 aliphatic heterocycles. The minimum absolute atomic E-state index is 0.169. The van der Waals surface area contributed by atoms with Crippen LogP contribution >= 0.6 is 11.6 Å². The van der Waals surface area contributed by atoms with Gasteiger partial charge in [0.1, 0.15) is 12.4 Å². The lowest BCUT2D eigenvalue weighted by molar-refractivity contribution is -0.136. The van der Waals surface area contributed by atoms with Crippen LogP contribution in [0, 0.1) is 6.92 Å². The second kappa shape index (κ2) is 6.93. The second-order valence-corrected chi connectivity index (χ2v) is 5.86. The van der Waals surface area contributed by atoms with Gasteiger partial charge in [0.05, 0.1) is 0 Å². The molecule has 5 nitrogen and oxygen atoms in total. The number of hydrazone groups is 1. The Labute approximate surface area is 145 Å². The third kappa shape index (κ3) is 3.51. The Morgan fingerprint density at radius 2 is 2.04 bits per heavy atom. The van der Waals surface area contributed by atoms with E-state index in [4.69, 9.17) is 21.1 Å². The zero-order valence-electron chi connectivity index (χ0n) is 13.4. The van der Waals surface area contributed by atoms with Crippen molar-refractivity contribution in [3.63, 3.8) is 0 Å². The van der Waals surface area contributed by atoms with Crippen LogP contribution in [0.25, 0.3) is 0 Å². The zero-order valence-corrected chi connectivity index (χ0v) is 14.2. The van der Waals surface area contributed by atoms with E-state index in [2.05, 4.69) is 5.10 Å². The highest BCUT2D eigenvalue weighted by Gasteiger charge is 2.32. The van der Waals surface area contributed by atoms with Gasteiger partial charge in [0, 0.05) is 17.5 Å². The molecule has 124 valence electrons. The van der Waals surface area contributed by atoms with Gasteiger partial charge in [-0.1, -0.05) is 29.8 Å². The number of ether oxygens (including phenoxy) is 2. The van der Waals surface area contributed by atoms with Crippen LogP contribution in [-0.2, 0) is 9.53 Å². The van der Waals surface area contributed by atoms with Crippen molar-refractivity contribution in [3.05, 3.63) is 64.7 Å². The van der Waals surface area contributed by atoms with Crippen LogP contribution < -0.4 is 4.74 Å². The summed E-state index contributed by atoms with van der Waals surface area (Å²) in [5.41, 5.74) is 1.73. The van der Waals surface area contributed by atoms with Crippen molar-refractivity contribution >= 4 is 23.4 Å². The summed E-state index contributed by atoms with van der Waals surface area (Å²) in [6.07, 6.45) is -0.604. The Bertz CT molecular complexity index is 777. The quantitative estimate of drug-likeness (QED) is 0.851. The summed E-state index contributed by atoms with van der Waals surface area (Å²) in [4.78, 5) is 11.8. The fourth-order valence-electron chi connectivity index (χ4n) is 2.38. The number of hydrogen-bond donors (Lipinski definition) is 0. The molecule has 0 spiro atoms. The van der Waals surface area contributed by atoms with Crippen molar-refractivity contribution in [3.8, 4) is 5.75 Å². The van der Waals surface area contributed by atoms with E-state index in [-0.39, 0.29) is 12.5 Å². The number of nitrogens with zero attached hydrogens (tertiary/aromatic N) is 2. The van der Waals surface area contributed by atoms with Gasteiger partial charge in [0.2, 0.25) is 18.0 Å². The predicted molar refractivity (Wildman–Crippen MR) is 92.1 cm³/mol. The number of hydrogen-bond acceptors (Lipinski definition) is 4. The lowest BCUT2D eigenvalue weighted by Gasteiger charge is -2.20. The number of aryl methyl sites for hydroxylation is 1. The molecule has 0 N–H and O–H groups in total. The lowest BCUT2D eigenvalue weighted by Crippen LogP contribution is -2.36. The van der Waals surface area contributed by atoms with Gasteiger partial charge in [-0.25, -0.2) is 0 Å². The third-order valence-corrected chi connectivity index (χ3v) is 3.82. The minimum atomic E-state index is -0.604. The number of benzene rings is 2. The third-order valence-electron chi connectivity index (χ3n) is 3.58. The monoisotopic (exact) mass is 344 g/mol. The molecule has 0 fully saturated rings. The maximum absolute atomic E-state index is 11.8. The first kappa shape index (κ1) is 16.3. The highest BCUT2D eigenvalue weighted by molar-refractivity contribution is 6.30. The average molecular weight is 345 g/mol. The standard InChI is InChI=1S/C18H17ClN2O3/c1-12-10-15(19)8-9-16(12)23-11-17-21(13(2)22)20-18(24-17)14-6-4-3-5-7-14/h3-10,17H,11H2,1-2H3/t17-/m1/s1. The first-order chi connectivity index (χ1) is 11.5. The number of halogens is 1. The number of carbonyl (C=O) groups excluding carboxylic acids is 1. The molecule has 0 radical (unpaired) electrons. The summed E-state index contributed by atoms with van der Waals surface area (Å²) in [5.74, 6) is 0.897. The van der Waals surface area contributed by atoms with Crippen LogP contribution in [0.15, 0.2) is 53.6 Å². The van der Waals surface area contributed by atoms with Crippen LogP contribution in [0.3, 0.4) is 0 Å². The molecule has 0 saturated heterocycles. The molecular weight excluding hydrogens is 328 g/mol. The SMILES string of the molecule is CC(=O)N1N=C(c2ccccc2)O[C@@H]1COc1ccc(Cl)cc1C. The van der Waals surface area contributed by atoms with Crippen LogP contribution in [0.2, 0.25) is 5.02 Å². The molecule has 2 aromatic rings. The maximum atomic E-state index is 11.8. The fraction of sp³-hybridized carbons (Fsp3) is 0.222. The zero-order chi connectivity index (χ0) is 17.1. The Balaban J connectivity index is 1.72. The molecule has 0 unspecified atom stereocenters. The van der Waals surface area contributed by atoms with Crippen molar-refractivity contribution in [1.82, 2.24) is 5.01 Å². The van der Waals surface area contributed by atoms with Gasteiger partial charge >= 0.3 is 0 Å². The number of amides is 1. The largest absolute Gasteiger partial charge is 0.487 e. The van der Waals surface area contributed by atoms with E-state index in [0.717, 1.165) is 11.1 Å². The summed E-state index contributed by atoms with van der Waals surface area (Å²) in [6, 6.07) is 14.8. The lowest BCUT2D eigenvalue weighted by atomic mass is 10.2. The fourth-order valence-corrected chi connectivity index (χ4v) is 2.61. The van der Waals surface area contributed by atoms with Crippen molar-refractivity contribution in [1.29, 1.82) is 0 Å². The van der Waals surface area contributed by atoms with Crippen molar-refractivity contribution < 1.29 is 14.3 Å². The van der Waals surface area contributed by atoms with E-state index in [1.807, 2.05) is 43.3 Å². The predicted octanol–water partition coefficient (Wildman–Crippen LogP) is 3.59. The maximum Gasteiger partial charge on any atom is 0.243 e. The molecule has 0 aromatic heterocycles. The van der Waals surface area contributed by atoms with Crippen LogP contribution in [-0.4, -0.2) is 29.6 Å². The minimum Gasteiger partial charge on any atom is -0.487 e. The smallest absolute Gasteiger partial charge is 0.243 e. The van der Waals surface area contributed by atoms with Gasteiger partial charge in [-0.3, -0.25) is 4.79 Å². The Kier molecular flexibility index (Phi) is 4.71. The number of rotatable bonds is 4. The van der Waals surface area contributed by atoms with Crippen molar-refractivity contribution in [2.75, 3.05) is 6.61 Å². The van der Waals surface area contributed by atoms with Gasteiger partial charge in [-0.05, 0) is 42.8 Å². The van der Waals surface area contributed by atoms with E-state index < -0.39 is 6.23 Å². The molecule has 24 heavy (non-hydrogen) atoms. The Hall–Kier alpha value is -2.53. The first-order valence-electron chi connectivity index (χ1n) is 7.54. The van der Waals surface area contributed by atoms with Gasteiger partial charge < -0.3 is 9.47 Å². The molecule has 1 atom stereocenters. The van der Waals surface area contributed by atoms with E-state index in [9.17, 15) is 4.79 Å². The summed E-state index contributed by atoms with van der Waals surface area (Å²) < 4.78 is 11.6. The van der Waals surface area contributed by atoms with E-state index in [1.54, 1.807) is 12.1 Å². The Morgan fingerprint density at radius 3 is 2.71 bits per heavy atom. The molecule has 1 heterocycles. The van der Waals surface area contributed by atoms with Crippen molar-refractivity contribution in [2.24, 2.45) is 5.10 Å². The van der Waals surface area contributed by atoms with Crippen molar-refractivity contribution in [2.45, 2.75) is 20.1 Å². The molecule has 1 amide bonds. The molecule has 2 aromatic carbocycles. The van der Waals surface area contributed by atoms with Gasteiger partial charge in [-0.2, -0.15) is 5.01 Å². The molecule has 0 bridgehead atoms. The highest BCUT2D eigenvalue weighted by Crippen LogP contribution is 2.24. The molecule has 1 aliphatic rings. The summed E-state index contributed by atoms with van der Waals surface area (Å²) in [6.45, 7) is 3.52. The average Bonchev–Trinajstić information content (AvgIpc) is 2.99. The topological polar surface area (TPSA) is 51.1 Å². The molecular formula is C18H17ClN2O3. The summed E-state index contributed by atoms with van der Waals surface area (Å²) in [5, 5.41) is 6.21. The summed E-state index contributed by atoms with van der Waals surface area (Å²) in [7, 11) is 0. The van der Waals surface area contributed by atoms with E-state index in [1.165, 1.54) is 11.9 Å². The van der Waals surface area contributed by atoms with Crippen LogP contribution in [0.1, 0.15) is 18.1 Å². The van der Waals surface area contributed by atoms with Gasteiger partial charge in [0.25, 0.3) is 0 Å². The highest BCUT2D eigenvalue weighted by atomic mass is 35.5. The normalized spacial score (nSPS) is 16.5. The Morgan fingerprint density at radius 1 is 1.29 bits per heavy atom. The summed E-state index contributed by atoms with van der Waals surface area (Å²) >= 11 is 5.94. The van der Waals surface area contributed by atoms with Crippen LogP contribution in [0.4, 0.5) is 0 Å². The van der Waals surface area contributed by atoms with E-state index in [0.29, 0.717) is 16.7 Å². The van der Waals surface area contributed by atoms with E-state index >= 15 is 0 Å². The molecule has 3 rings (SSSR count). The molecule has 0 saturated carbocycles. The number of carbonyl (C=O) groups is 1. The first-order valence-corrected chi connectivity index (χ1v) is 7.92. The van der Waals surface area contributed by atoms with Gasteiger partial charge in [-0.15, -0.1) is 5.10 Å². The molecule has 0 aliphatic carbocycles. The molecule has 6 heteroatoms. The van der Waals surface area contributed by atoms with Gasteiger partial charge in [0.15, 0.2) is 0 Å². The second-order valence-electron chi connectivity index (χ2n) is 5.43. The van der Waals surface area contributed by atoms with Crippen LogP contribution in [0.5, 0.6) is 5.75 Å².